The number of benzene rings is 1. The quantitative estimate of drug-likeness (QED) is 0.856. The van der Waals surface area contributed by atoms with E-state index in [4.69, 9.17) is 5.73 Å². The molecule has 0 radical (unpaired) electrons. The predicted octanol–water partition coefficient (Wildman–Crippen LogP) is 2.74. The highest BCUT2D eigenvalue weighted by Crippen LogP contribution is 2.30. The molecule has 0 aliphatic heterocycles. The van der Waals surface area contributed by atoms with Crippen molar-refractivity contribution in [1.82, 2.24) is 0 Å². The third kappa shape index (κ3) is 2.72. The van der Waals surface area contributed by atoms with Gasteiger partial charge in [-0.1, -0.05) is 6.07 Å². The lowest BCUT2D eigenvalue weighted by atomic mass is 9.93. The molecule has 78 valence electrons. The molecule has 0 unspecified atom stereocenters. The third-order valence-corrected chi connectivity index (χ3v) is 3.13. The Balaban J connectivity index is 3.06. The molecular formula is C11H16BrNO. The summed E-state index contributed by atoms with van der Waals surface area (Å²) in [6.07, 6.45) is 0.803. The van der Waals surface area contributed by atoms with Crippen LogP contribution >= 0.6 is 15.9 Å². The number of aromatic hydroxyl groups is 1. The molecule has 0 aliphatic carbocycles. The summed E-state index contributed by atoms with van der Waals surface area (Å²) >= 11 is 3.35. The van der Waals surface area contributed by atoms with Crippen molar-refractivity contribution in [2.45, 2.75) is 32.7 Å². The lowest BCUT2D eigenvalue weighted by molar-refractivity contribution is 0.469. The van der Waals surface area contributed by atoms with Crippen molar-refractivity contribution in [2.24, 2.45) is 5.73 Å². The molecule has 0 aromatic heterocycles. The largest absolute Gasteiger partial charge is 0.507 e. The minimum absolute atomic E-state index is 0.221. The summed E-state index contributed by atoms with van der Waals surface area (Å²) in [4.78, 5) is 0. The van der Waals surface area contributed by atoms with Gasteiger partial charge in [-0.05, 0) is 60.3 Å². The number of nitrogens with two attached hydrogens (primary N) is 1. The highest BCUT2D eigenvalue weighted by atomic mass is 79.9. The van der Waals surface area contributed by atoms with Gasteiger partial charge in [-0.2, -0.15) is 0 Å². The Bertz CT molecular complexity index is 342. The number of rotatable bonds is 2. The third-order valence-electron chi connectivity index (χ3n) is 2.12. The maximum Gasteiger partial charge on any atom is 0.130 e. The van der Waals surface area contributed by atoms with Crippen LogP contribution in [0.5, 0.6) is 5.75 Å². The van der Waals surface area contributed by atoms with Crippen LogP contribution in [-0.4, -0.2) is 10.6 Å². The highest BCUT2D eigenvalue weighted by Gasteiger charge is 2.15. The van der Waals surface area contributed by atoms with Crippen molar-refractivity contribution in [3.05, 3.63) is 27.7 Å². The van der Waals surface area contributed by atoms with Gasteiger partial charge in [0, 0.05) is 5.54 Å². The van der Waals surface area contributed by atoms with Crippen LogP contribution in [0.1, 0.15) is 25.0 Å². The van der Waals surface area contributed by atoms with Crippen molar-refractivity contribution in [3.8, 4) is 5.75 Å². The first kappa shape index (κ1) is 11.5. The Morgan fingerprint density at radius 1 is 1.43 bits per heavy atom. The van der Waals surface area contributed by atoms with E-state index < -0.39 is 0 Å². The first-order valence-electron chi connectivity index (χ1n) is 4.57. The molecule has 3 N–H and O–H groups in total. The second-order valence-corrected chi connectivity index (χ2v) is 5.14. The van der Waals surface area contributed by atoms with E-state index in [1.807, 2.05) is 26.8 Å². The Labute approximate surface area is 93.3 Å². The summed E-state index contributed by atoms with van der Waals surface area (Å²) in [6.45, 7) is 5.96. The molecule has 0 bridgehead atoms. The van der Waals surface area contributed by atoms with Crippen LogP contribution < -0.4 is 5.73 Å². The molecule has 0 aliphatic rings. The number of phenolic OH excluding ortho intramolecular Hbond substituents is 1. The fourth-order valence-corrected chi connectivity index (χ4v) is 1.78. The maximum atomic E-state index is 9.44. The molecule has 14 heavy (non-hydrogen) atoms. The Kier molecular flexibility index (Phi) is 3.22. The smallest absolute Gasteiger partial charge is 0.130 e. The summed E-state index contributed by atoms with van der Waals surface area (Å²) in [7, 11) is 0. The zero-order valence-electron chi connectivity index (χ0n) is 8.76. The molecule has 1 aromatic carbocycles. The molecule has 0 saturated carbocycles. The maximum absolute atomic E-state index is 9.44. The highest BCUT2D eigenvalue weighted by molar-refractivity contribution is 9.10. The fraction of sp³-hybridized carbons (Fsp3) is 0.455. The number of phenols is 1. The minimum Gasteiger partial charge on any atom is -0.507 e. The van der Waals surface area contributed by atoms with Gasteiger partial charge < -0.3 is 10.8 Å². The van der Waals surface area contributed by atoms with Crippen LogP contribution in [-0.2, 0) is 6.42 Å². The van der Waals surface area contributed by atoms with Gasteiger partial charge in [-0.25, -0.2) is 0 Å². The van der Waals surface area contributed by atoms with Crippen LogP contribution in [0.15, 0.2) is 16.6 Å². The molecule has 0 amide bonds. The van der Waals surface area contributed by atoms with E-state index >= 15 is 0 Å². The van der Waals surface area contributed by atoms with Gasteiger partial charge in [-0.3, -0.25) is 0 Å². The molecule has 2 nitrogen and oxygen atoms in total. The molecule has 0 saturated heterocycles. The second kappa shape index (κ2) is 3.91. The van der Waals surface area contributed by atoms with Gasteiger partial charge in [0.1, 0.15) is 5.75 Å². The first-order valence-corrected chi connectivity index (χ1v) is 5.36. The van der Waals surface area contributed by atoms with E-state index in [0.29, 0.717) is 0 Å². The predicted molar refractivity (Wildman–Crippen MR) is 62.5 cm³/mol. The van der Waals surface area contributed by atoms with Crippen LogP contribution in [0.2, 0.25) is 0 Å². The SMILES string of the molecule is Cc1c(CC(C)(C)N)ccc(O)c1Br. The number of hydrogen-bond donors (Lipinski definition) is 2. The van der Waals surface area contributed by atoms with E-state index in [1.54, 1.807) is 6.07 Å². The Morgan fingerprint density at radius 3 is 2.50 bits per heavy atom. The summed E-state index contributed by atoms with van der Waals surface area (Å²) in [5.74, 6) is 0.279. The molecule has 0 fully saturated rings. The lowest BCUT2D eigenvalue weighted by Crippen LogP contribution is -2.34. The second-order valence-electron chi connectivity index (χ2n) is 4.35. The Morgan fingerprint density at radius 2 is 2.00 bits per heavy atom. The van der Waals surface area contributed by atoms with Gasteiger partial charge in [0.25, 0.3) is 0 Å². The number of halogens is 1. The molecule has 3 heteroatoms. The summed E-state index contributed by atoms with van der Waals surface area (Å²) < 4.78 is 0.763. The van der Waals surface area contributed by atoms with Gasteiger partial charge in [0.05, 0.1) is 4.47 Å². The topological polar surface area (TPSA) is 46.2 Å². The fourth-order valence-electron chi connectivity index (χ4n) is 1.39. The first-order chi connectivity index (χ1) is 6.31. The molecule has 1 rings (SSSR count). The molecule has 0 heterocycles. The zero-order valence-corrected chi connectivity index (χ0v) is 10.4. The summed E-state index contributed by atoms with van der Waals surface area (Å²) in [5.41, 5.74) is 7.95. The van der Waals surface area contributed by atoms with Gasteiger partial charge in [0.15, 0.2) is 0 Å². The van der Waals surface area contributed by atoms with E-state index in [-0.39, 0.29) is 11.3 Å². The average Bonchev–Trinajstić information content (AvgIpc) is 2.04. The molecule has 1 aromatic rings. The normalized spacial score (nSPS) is 11.8. The zero-order chi connectivity index (χ0) is 10.9. The summed E-state index contributed by atoms with van der Waals surface area (Å²) in [6, 6.07) is 3.61. The molecule has 0 spiro atoms. The standard InChI is InChI=1S/C11H16BrNO/c1-7-8(6-11(2,3)13)4-5-9(14)10(7)12/h4-5,14H,6,13H2,1-3H3. The lowest BCUT2D eigenvalue weighted by Gasteiger charge is -2.20. The van der Waals surface area contributed by atoms with Gasteiger partial charge in [0.2, 0.25) is 0 Å². The van der Waals surface area contributed by atoms with E-state index in [1.165, 1.54) is 5.56 Å². The molecule has 0 atom stereocenters. The van der Waals surface area contributed by atoms with E-state index in [9.17, 15) is 5.11 Å². The Hall–Kier alpha value is -0.540. The van der Waals surface area contributed by atoms with Crippen LogP contribution in [0.4, 0.5) is 0 Å². The van der Waals surface area contributed by atoms with Crippen LogP contribution in [0, 0.1) is 6.92 Å². The van der Waals surface area contributed by atoms with Crippen molar-refractivity contribution >= 4 is 15.9 Å². The van der Waals surface area contributed by atoms with Crippen LogP contribution in [0.3, 0.4) is 0 Å². The van der Waals surface area contributed by atoms with E-state index in [2.05, 4.69) is 15.9 Å². The van der Waals surface area contributed by atoms with E-state index in [0.717, 1.165) is 16.5 Å². The molecular weight excluding hydrogens is 242 g/mol. The minimum atomic E-state index is -0.221. The van der Waals surface area contributed by atoms with Gasteiger partial charge in [-0.15, -0.1) is 0 Å². The van der Waals surface area contributed by atoms with Crippen molar-refractivity contribution < 1.29 is 5.11 Å². The van der Waals surface area contributed by atoms with Crippen molar-refractivity contribution in [2.75, 3.05) is 0 Å². The average molecular weight is 258 g/mol. The van der Waals surface area contributed by atoms with Crippen molar-refractivity contribution in [1.29, 1.82) is 0 Å². The number of hydrogen-bond acceptors (Lipinski definition) is 2. The van der Waals surface area contributed by atoms with Gasteiger partial charge >= 0.3 is 0 Å². The monoisotopic (exact) mass is 257 g/mol. The summed E-state index contributed by atoms with van der Waals surface area (Å²) in [5, 5.41) is 9.44. The van der Waals surface area contributed by atoms with Crippen molar-refractivity contribution in [3.63, 3.8) is 0 Å². The van der Waals surface area contributed by atoms with Crippen LogP contribution in [0.25, 0.3) is 0 Å².